The van der Waals surface area contributed by atoms with E-state index in [9.17, 15) is 4.79 Å². The van der Waals surface area contributed by atoms with Crippen molar-refractivity contribution in [2.75, 3.05) is 6.54 Å². The van der Waals surface area contributed by atoms with Crippen molar-refractivity contribution in [3.8, 4) is 5.69 Å². The molecule has 6 nitrogen and oxygen atoms in total. The largest absolute Gasteiger partial charge is 0.361 e. The molecule has 3 N–H and O–H groups in total. The Hall–Kier alpha value is -2.90. The number of rotatable bonds is 5. The Labute approximate surface area is 173 Å². The van der Waals surface area contributed by atoms with E-state index in [0.29, 0.717) is 22.2 Å². The van der Waals surface area contributed by atoms with Crippen LogP contribution in [0.15, 0.2) is 60.8 Å². The number of thiocarbonyl (C=S) groups is 1. The number of aromatic nitrogens is 2. The van der Waals surface area contributed by atoms with Gasteiger partial charge in [-0.2, -0.15) is 5.10 Å². The summed E-state index contributed by atoms with van der Waals surface area (Å²) in [5, 5.41) is 8.36. The minimum atomic E-state index is -0.273. The van der Waals surface area contributed by atoms with E-state index >= 15 is 0 Å². The number of aryl methyl sites for hydroxylation is 1. The van der Waals surface area contributed by atoms with E-state index in [0.717, 1.165) is 23.4 Å². The van der Waals surface area contributed by atoms with Crippen LogP contribution < -0.4 is 16.2 Å². The highest BCUT2D eigenvalue weighted by Gasteiger charge is 2.07. The van der Waals surface area contributed by atoms with Crippen molar-refractivity contribution >= 4 is 34.8 Å². The van der Waals surface area contributed by atoms with E-state index in [1.807, 2.05) is 49.4 Å². The first kappa shape index (κ1) is 19.9. The maximum absolute atomic E-state index is 12.2. The van der Waals surface area contributed by atoms with E-state index in [1.165, 1.54) is 0 Å². The Kier molecular flexibility index (Phi) is 6.62. The predicted molar refractivity (Wildman–Crippen MR) is 115 cm³/mol. The standard InChI is InChI=1S/C20H20ClN5OS/c1-14-10-13-23-26(14)18-8-4-16(5-9-18)19(27)24-25-20(28)22-12-11-15-2-6-17(21)7-3-15/h2-10,13H,11-12H2,1H3,(H,24,27)(H2,22,25,28). The number of carbonyl (C=O) groups excluding carboxylic acids is 1. The number of carbonyl (C=O) groups is 1. The molecule has 3 aromatic rings. The molecule has 0 aliphatic heterocycles. The van der Waals surface area contributed by atoms with Gasteiger partial charge < -0.3 is 5.32 Å². The van der Waals surface area contributed by atoms with Gasteiger partial charge >= 0.3 is 0 Å². The number of benzene rings is 2. The van der Waals surface area contributed by atoms with Crippen LogP contribution in [0.25, 0.3) is 5.69 Å². The fraction of sp³-hybridized carbons (Fsp3) is 0.150. The first-order valence-corrected chi connectivity index (χ1v) is 9.51. The van der Waals surface area contributed by atoms with E-state index < -0.39 is 0 Å². The lowest BCUT2D eigenvalue weighted by Crippen LogP contribution is -2.47. The number of hydrogen-bond acceptors (Lipinski definition) is 3. The quantitative estimate of drug-likeness (QED) is 0.442. The van der Waals surface area contributed by atoms with E-state index in [1.54, 1.807) is 23.0 Å². The van der Waals surface area contributed by atoms with Crippen LogP contribution in [0, 0.1) is 6.92 Å². The third-order valence-corrected chi connectivity index (χ3v) is 4.61. The second-order valence-corrected chi connectivity index (χ2v) is 6.99. The number of hydrazine groups is 1. The van der Waals surface area contributed by atoms with Crippen molar-refractivity contribution in [3.63, 3.8) is 0 Å². The molecule has 3 rings (SSSR count). The fourth-order valence-corrected chi connectivity index (χ4v) is 2.87. The fourth-order valence-electron chi connectivity index (χ4n) is 2.60. The molecule has 0 fully saturated rings. The van der Waals surface area contributed by atoms with Crippen LogP contribution in [-0.4, -0.2) is 27.3 Å². The molecule has 1 amide bonds. The summed E-state index contributed by atoms with van der Waals surface area (Å²) < 4.78 is 1.81. The summed E-state index contributed by atoms with van der Waals surface area (Å²) in [6, 6.07) is 16.7. The first-order chi connectivity index (χ1) is 13.5. The van der Waals surface area contributed by atoms with Gasteiger partial charge in [-0.25, -0.2) is 4.68 Å². The van der Waals surface area contributed by atoms with Crippen LogP contribution in [0.2, 0.25) is 5.02 Å². The van der Waals surface area contributed by atoms with E-state index in [2.05, 4.69) is 21.3 Å². The SMILES string of the molecule is Cc1ccnn1-c1ccc(C(=O)NNC(=S)NCCc2ccc(Cl)cc2)cc1. The van der Waals surface area contributed by atoms with Crippen molar-refractivity contribution in [2.45, 2.75) is 13.3 Å². The molecule has 0 unspecified atom stereocenters. The van der Waals surface area contributed by atoms with Gasteiger partial charge in [-0.05, 0) is 73.6 Å². The number of nitrogens with one attached hydrogen (secondary N) is 3. The molecule has 0 aliphatic rings. The highest BCUT2D eigenvalue weighted by atomic mass is 35.5. The molecule has 28 heavy (non-hydrogen) atoms. The Morgan fingerprint density at radius 1 is 1.07 bits per heavy atom. The maximum atomic E-state index is 12.2. The molecule has 0 bridgehead atoms. The topological polar surface area (TPSA) is 71.0 Å². The third-order valence-electron chi connectivity index (χ3n) is 4.11. The normalized spacial score (nSPS) is 10.4. The van der Waals surface area contributed by atoms with Gasteiger partial charge in [0.2, 0.25) is 0 Å². The minimum Gasteiger partial charge on any atom is -0.361 e. The minimum absolute atomic E-state index is 0.273. The van der Waals surface area contributed by atoms with Gasteiger partial charge in [0.05, 0.1) is 5.69 Å². The molecule has 8 heteroatoms. The molecule has 144 valence electrons. The second-order valence-electron chi connectivity index (χ2n) is 6.14. The highest BCUT2D eigenvalue weighted by molar-refractivity contribution is 7.80. The van der Waals surface area contributed by atoms with Gasteiger partial charge in [0.15, 0.2) is 5.11 Å². The monoisotopic (exact) mass is 413 g/mol. The van der Waals surface area contributed by atoms with Gasteiger partial charge in [-0.15, -0.1) is 0 Å². The number of amides is 1. The molecule has 0 aliphatic carbocycles. The molecule has 0 atom stereocenters. The van der Waals surface area contributed by atoms with Crippen LogP contribution >= 0.6 is 23.8 Å². The Balaban J connectivity index is 1.43. The first-order valence-electron chi connectivity index (χ1n) is 8.72. The zero-order chi connectivity index (χ0) is 19.9. The van der Waals surface area contributed by atoms with Gasteiger partial charge in [0, 0.05) is 29.0 Å². The number of nitrogens with zero attached hydrogens (tertiary/aromatic N) is 2. The summed E-state index contributed by atoms with van der Waals surface area (Å²) in [4.78, 5) is 12.2. The summed E-state index contributed by atoms with van der Waals surface area (Å²) in [6.07, 6.45) is 2.53. The second kappa shape index (κ2) is 9.34. The van der Waals surface area contributed by atoms with Crippen molar-refractivity contribution < 1.29 is 4.79 Å². The zero-order valence-electron chi connectivity index (χ0n) is 15.3. The van der Waals surface area contributed by atoms with Gasteiger partial charge in [-0.1, -0.05) is 23.7 Å². The molecule has 0 saturated carbocycles. The van der Waals surface area contributed by atoms with Crippen LogP contribution in [0.1, 0.15) is 21.6 Å². The number of halogens is 1. The average molecular weight is 414 g/mol. The molecule has 0 saturated heterocycles. The molecule has 1 heterocycles. The molecule has 0 radical (unpaired) electrons. The molecule has 0 spiro atoms. The summed E-state index contributed by atoms with van der Waals surface area (Å²) >= 11 is 11.0. The third kappa shape index (κ3) is 5.31. The maximum Gasteiger partial charge on any atom is 0.269 e. The summed E-state index contributed by atoms with van der Waals surface area (Å²) in [5.41, 5.74) is 8.88. The number of hydrogen-bond donors (Lipinski definition) is 3. The molecular formula is C20H20ClN5OS. The Bertz CT molecular complexity index is 953. The smallest absolute Gasteiger partial charge is 0.269 e. The van der Waals surface area contributed by atoms with Crippen molar-refractivity contribution in [2.24, 2.45) is 0 Å². The summed E-state index contributed by atoms with van der Waals surface area (Å²) in [6.45, 7) is 2.61. The van der Waals surface area contributed by atoms with Gasteiger partial charge in [0.1, 0.15) is 0 Å². The summed E-state index contributed by atoms with van der Waals surface area (Å²) in [5.74, 6) is -0.273. The van der Waals surface area contributed by atoms with Gasteiger partial charge in [0.25, 0.3) is 5.91 Å². The lowest BCUT2D eigenvalue weighted by atomic mass is 10.1. The van der Waals surface area contributed by atoms with Gasteiger partial charge in [-0.3, -0.25) is 15.6 Å². The van der Waals surface area contributed by atoms with Crippen molar-refractivity contribution in [1.29, 1.82) is 0 Å². The molecular weight excluding hydrogens is 394 g/mol. The predicted octanol–water partition coefficient (Wildman–Crippen LogP) is 3.19. The summed E-state index contributed by atoms with van der Waals surface area (Å²) in [7, 11) is 0. The lowest BCUT2D eigenvalue weighted by Gasteiger charge is -2.12. The van der Waals surface area contributed by atoms with E-state index in [-0.39, 0.29) is 5.91 Å². The average Bonchev–Trinajstić information content (AvgIpc) is 3.13. The zero-order valence-corrected chi connectivity index (χ0v) is 16.8. The van der Waals surface area contributed by atoms with Crippen LogP contribution in [0.5, 0.6) is 0 Å². The van der Waals surface area contributed by atoms with Crippen LogP contribution in [0.4, 0.5) is 0 Å². The Morgan fingerprint density at radius 2 is 1.79 bits per heavy atom. The van der Waals surface area contributed by atoms with Crippen LogP contribution in [-0.2, 0) is 6.42 Å². The van der Waals surface area contributed by atoms with Crippen molar-refractivity contribution in [1.82, 2.24) is 25.9 Å². The van der Waals surface area contributed by atoms with Crippen molar-refractivity contribution in [3.05, 3.63) is 82.6 Å². The lowest BCUT2D eigenvalue weighted by molar-refractivity contribution is 0.0943. The molecule has 1 aromatic heterocycles. The Morgan fingerprint density at radius 3 is 2.43 bits per heavy atom. The van der Waals surface area contributed by atoms with Crippen LogP contribution in [0.3, 0.4) is 0 Å². The molecule has 2 aromatic carbocycles. The highest BCUT2D eigenvalue weighted by Crippen LogP contribution is 2.11. The van der Waals surface area contributed by atoms with E-state index in [4.69, 9.17) is 23.8 Å².